The maximum Gasteiger partial charge on any atom is 0.257 e. The van der Waals surface area contributed by atoms with E-state index in [1.165, 1.54) is 24.3 Å². The van der Waals surface area contributed by atoms with Crippen molar-refractivity contribution >= 4 is 26.0 Å². The normalized spacial score (nSPS) is 21.5. The molecular weight excluding hydrogens is 402 g/mol. The highest BCUT2D eigenvalue weighted by Crippen LogP contribution is 2.36. The fourth-order valence-corrected chi connectivity index (χ4v) is 7.99. The monoisotopic (exact) mass is 423 g/mol. The van der Waals surface area contributed by atoms with E-state index in [-0.39, 0.29) is 16.3 Å². The predicted octanol–water partition coefficient (Wildman–Crippen LogP) is 0.382. The number of hydrogen-bond acceptors (Lipinski definition) is 8. The minimum atomic E-state index is -4.00. The Morgan fingerprint density at radius 2 is 1.36 bits per heavy atom. The Hall–Kier alpha value is -2.08. The van der Waals surface area contributed by atoms with Crippen LogP contribution in [0.1, 0.15) is 6.42 Å². The van der Waals surface area contributed by atoms with Gasteiger partial charge in [0.15, 0.2) is 0 Å². The molecule has 0 unspecified atom stereocenters. The number of sulfonamides is 2. The Morgan fingerprint density at radius 3 is 1.93 bits per heavy atom. The van der Waals surface area contributed by atoms with Crippen molar-refractivity contribution in [2.75, 3.05) is 44.2 Å². The molecule has 2 aromatic rings. The van der Waals surface area contributed by atoms with Gasteiger partial charge in [-0.25, -0.2) is 26.8 Å². The molecule has 1 aromatic heterocycles. The van der Waals surface area contributed by atoms with Gasteiger partial charge in [-0.15, -0.1) is 0 Å². The highest BCUT2D eigenvalue weighted by Gasteiger charge is 2.46. The maximum atomic E-state index is 12.6. The van der Waals surface area contributed by atoms with E-state index in [9.17, 15) is 16.8 Å². The van der Waals surface area contributed by atoms with Crippen molar-refractivity contribution in [1.29, 1.82) is 0 Å². The van der Waals surface area contributed by atoms with Gasteiger partial charge in [0.1, 0.15) is 9.79 Å². The number of anilines is 1. The molecular formula is C17H21N5O4S2. The van der Waals surface area contributed by atoms with Crippen LogP contribution in [-0.4, -0.2) is 74.7 Å². The van der Waals surface area contributed by atoms with Crippen LogP contribution in [-0.2, 0) is 20.0 Å². The molecule has 0 amide bonds. The molecule has 9 nitrogen and oxygen atoms in total. The molecule has 0 N–H and O–H groups in total. The topological polar surface area (TPSA) is 104 Å². The lowest BCUT2D eigenvalue weighted by molar-refractivity contribution is 0.251. The van der Waals surface area contributed by atoms with E-state index in [1.54, 1.807) is 18.5 Å². The lowest BCUT2D eigenvalue weighted by Crippen LogP contribution is -2.47. The molecule has 150 valence electrons. The predicted molar refractivity (Wildman–Crippen MR) is 103 cm³/mol. The summed E-state index contributed by atoms with van der Waals surface area (Å²) in [4.78, 5) is 12.5. The van der Waals surface area contributed by atoms with Gasteiger partial charge in [-0.3, -0.25) is 4.90 Å². The molecule has 3 heterocycles. The smallest absolute Gasteiger partial charge is 0.257 e. The summed E-state index contributed by atoms with van der Waals surface area (Å²) in [5, 5.41) is 0. The first-order valence-corrected chi connectivity index (χ1v) is 11.9. The summed E-state index contributed by atoms with van der Waals surface area (Å²) >= 11 is 0. The van der Waals surface area contributed by atoms with Gasteiger partial charge in [0.2, 0.25) is 5.95 Å². The SMILES string of the molecule is O=S1(=O)c2ccccc2S(=O)(=O)N1CCCN1CCN(c2ncccn2)CC1. The number of hydrogen-bond donors (Lipinski definition) is 0. The number of aromatic nitrogens is 2. The standard InChI is InChI=1S/C17H21N5O4S2/c23-27(24)15-5-1-2-6-16(15)28(25,26)22(27)10-4-9-20-11-13-21(14-12-20)17-18-7-3-8-19-17/h1-3,5-8H,4,9-14H2. The fraction of sp³-hybridized carbons (Fsp3) is 0.412. The molecule has 11 heteroatoms. The van der Waals surface area contributed by atoms with Crippen molar-refractivity contribution < 1.29 is 16.8 Å². The molecule has 0 saturated carbocycles. The molecule has 2 aliphatic rings. The minimum Gasteiger partial charge on any atom is -0.338 e. The molecule has 0 atom stereocenters. The van der Waals surface area contributed by atoms with Crippen molar-refractivity contribution in [2.24, 2.45) is 0 Å². The fourth-order valence-electron chi connectivity index (χ4n) is 3.51. The summed E-state index contributed by atoms with van der Waals surface area (Å²) in [5.74, 6) is 0.703. The van der Waals surface area contributed by atoms with E-state index >= 15 is 0 Å². The zero-order valence-corrected chi connectivity index (χ0v) is 16.8. The van der Waals surface area contributed by atoms with Crippen LogP contribution >= 0.6 is 0 Å². The molecule has 0 bridgehead atoms. The second-order valence-electron chi connectivity index (χ2n) is 6.68. The van der Waals surface area contributed by atoms with E-state index in [1.807, 2.05) is 0 Å². The first-order chi connectivity index (χ1) is 13.4. The Bertz CT molecular complexity index is 999. The average Bonchev–Trinajstić information content (AvgIpc) is 2.86. The third-order valence-electron chi connectivity index (χ3n) is 4.96. The lowest BCUT2D eigenvalue weighted by atomic mass is 10.3. The molecule has 1 fully saturated rings. The lowest BCUT2D eigenvalue weighted by Gasteiger charge is -2.34. The quantitative estimate of drug-likeness (QED) is 0.680. The Kier molecular flexibility index (Phi) is 5.08. The van der Waals surface area contributed by atoms with Crippen molar-refractivity contribution in [1.82, 2.24) is 18.6 Å². The van der Waals surface area contributed by atoms with E-state index < -0.39 is 20.0 Å². The van der Waals surface area contributed by atoms with Gasteiger partial charge in [0, 0.05) is 45.1 Å². The number of nitrogens with zero attached hydrogens (tertiary/aromatic N) is 5. The zero-order chi connectivity index (χ0) is 19.8. The minimum absolute atomic E-state index is 0.0542. The van der Waals surface area contributed by atoms with Crippen LogP contribution in [0.5, 0.6) is 0 Å². The molecule has 28 heavy (non-hydrogen) atoms. The summed E-state index contributed by atoms with van der Waals surface area (Å²) < 4.78 is 51.0. The Labute approximate surface area is 164 Å². The Morgan fingerprint density at radius 1 is 0.786 bits per heavy atom. The van der Waals surface area contributed by atoms with Gasteiger partial charge >= 0.3 is 0 Å². The van der Waals surface area contributed by atoms with E-state index in [4.69, 9.17) is 0 Å². The molecule has 0 aliphatic carbocycles. The maximum absolute atomic E-state index is 12.6. The van der Waals surface area contributed by atoms with Gasteiger partial charge < -0.3 is 4.90 Å². The molecule has 0 spiro atoms. The number of fused-ring (bicyclic) bond motifs is 1. The first kappa shape index (κ1) is 19.2. The number of piperazine rings is 1. The van der Waals surface area contributed by atoms with Gasteiger partial charge in [-0.1, -0.05) is 15.8 Å². The van der Waals surface area contributed by atoms with E-state index in [0.717, 1.165) is 26.2 Å². The van der Waals surface area contributed by atoms with Crippen LogP contribution in [0.25, 0.3) is 0 Å². The summed E-state index contributed by atoms with van der Waals surface area (Å²) in [6.07, 6.45) is 3.86. The zero-order valence-electron chi connectivity index (χ0n) is 15.2. The number of rotatable bonds is 5. The van der Waals surface area contributed by atoms with Crippen LogP contribution in [0.15, 0.2) is 52.5 Å². The summed E-state index contributed by atoms with van der Waals surface area (Å²) in [7, 11) is -8.00. The molecule has 1 saturated heterocycles. The Balaban J connectivity index is 1.34. The summed E-state index contributed by atoms with van der Waals surface area (Å²) in [6.45, 7) is 3.70. The van der Waals surface area contributed by atoms with E-state index in [0.29, 0.717) is 22.6 Å². The third kappa shape index (κ3) is 3.39. The summed E-state index contributed by atoms with van der Waals surface area (Å²) in [6, 6.07) is 7.52. The first-order valence-electron chi connectivity index (χ1n) is 9.02. The second kappa shape index (κ2) is 7.39. The largest absolute Gasteiger partial charge is 0.338 e. The van der Waals surface area contributed by atoms with Crippen molar-refractivity contribution in [3.63, 3.8) is 0 Å². The van der Waals surface area contributed by atoms with Crippen LogP contribution in [0, 0.1) is 0 Å². The van der Waals surface area contributed by atoms with Crippen molar-refractivity contribution in [3.8, 4) is 0 Å². The van der Waals surface area contributed by atoms with Gasteiger partial charge in [0.25, 0.3) is 20.0 Å². The average molecular weight is 424 g/mol. The molecule has 4 rings (SSSR count). The second-order valence-corrected chi connectivity index (χ2v) is 10.6. The van der Waals surface area contributed by atoms with Crippen LogP contribution in [0.2, 0.25) is 0 Å². The van der Waals surface area contributed by atoms with Gasteiger partial charge in [0.05, 0.1) is 0 Å². The van der Waals surface area contributed by atoms with Gasteiger partial charge in [-0.2, -0.15) is 0 Å². The highest BCUT2D eigenvalue weighted by molar-refractivity contribution is 8.06. The molecule has 1 aromatic carbocycles. The van der Waals surface area contributed by atoms with Crippen LogP contribution in [0.3, 0.4) is 0 Å². The number of benzene rings is 1. The van der Waals surface area contributed by atoms with Crippen molar-refractivity contribution in [3.05, 3.63) is 42.7 Å². The summed E-state index contributed by atoms with van der Waals surface area (Å²) in [5.41, 5.74) is 0. The molecule has 0 radical (unpaired) electrons. The third-order valence-corrected chi connectivity index (χ3v) is 9.53. The van der Waals surface area contributed by atoms with Crippen LogP contribution in [0.4, 0.5) is 5.95 Å². The van der Waals surface area contributed by atoms with Crippen LogP contribution < -0.4 is 4.90 Å². The van der Waals surface area contributed by atoms with Gasteiger partial charge in [-0.05, 0) is 31.2 Å². The highest BCUT2D eigenvalue weighted by atomic mass is 32.3. The molecule has 2 aliphatic heterocycles. The van der Waals surface area contributed by atoms with Crippen molar-refractivity contribution in [2.45, 2.75) is 16.2 Å². The van der Waals surface area contributed by atoms with E-state index in [2.05, 4.69) is 19.8 Å².